The van der Waals surface area contributed by atoms with Gasteiger partial charge in [0.05, 0.1) is 0 Å². The molecule has 1 aromatic rings. The van der Waals surface area contributed by atoms with Gasteiger partial charge in [0.2, 0.25) is 11.9 Å². The number of nitrogens with two attached hydrogens (primary N) is 1. The zero-order valence-corrected chi connectivity index (χ0v) is 12.7. The number of hydrogen-bond donors (Lipinski definition) is 2. The maximum absolute atomic E-state index is 10.9. The second-order valence-electron chi connectivity index (χ2n) is 5.67. The van der Waals surface area contributed by atoms with Gasteiger partial charge in [-0.3, -0.25) is 4.79 Å². The van der Waals surface area contributed by atoms with E-state index in [1.807, 2.05) is 12.4 Å². The van der Waals surface area contributed by atoms with Gasteiger partial charge in [0.25, 0.3) is 0 Å². The Balaban J connectivity index is 1.81. The summed E-state index contributed by atoms with van der Waals surface area (Å²) in [5, 5.41) is 3.34. The smallest absolute Gasteiger partial charge is 0.225 e. The summed E-state index contributed by atoms with van der Waals surface area (Å²) >= 11 is 0. The van der Waals surface area contributed by atoms with Crippen LogP contribution in [0.5, 0.6) is 0 Å². The topological polar surface area (TPSA) is 84.1 Å². The molecule has 0 bridgehead atoms. The van der Waals surface area contributed by atoms with Crippen molar-refractivity contribution in [3.63, 3.8) is 0 Å². The van der Waals surface area contributed by atoms with Crippen molar-refractivity contribution in [1.29, 1.82) is 0 Å². The molecule has 2 rings (SSSR count). The summed E-state index contributed by atoms with van der Waals surface area (Å²) in [6, 6.07) is 0. The van der Waals surface area contributed by atoms with Crippen molar-refractivity contribution >= 4 is 11.9 Å². The molecule has 116 valence electrons. The zero-order chi connectivity index (χ0) is 15.1. The summed E-state index contributed by atoms with van der Waals surface area (Å²) in [7, 11) is 0. The number of carbonyl (C=O) groups excluding carboxylic acids is 1. The van der Waals surface area contributed by atoms with E-state index in [9.17, 15) is 4.79 Å². The van der Waals surface area contributed by atoms with Gasteiger partial charge in [0, 0.05) is 44.0 Å². The molecule has 0 aromatic carbocycles. The van der Waals surface area contributed by atoms with Crippen LogP contribution in [-0.2, 0) is 11.3 Å². The number of nitrogens with one attached hydrogen (secondary N) is 1. The summed E-state index contributed by atoms with van der Waals surface area (Å²) in [4.78, 5) is 22.0. The van der Waals surface area contributed by atoms with Crippen LogP contribution in [0.3, 0.4) is 0 Å². The molecule has 0 radical (unpaired) electrons. The molecular formula is C15H25N5O. The van der Waals surface area contributed by atoms with E-state index in [2.05, 4.69) is 27.1 Å². The second kappa shape index (κ2) is 7.93. The third kappa shape index (κ3) is 4.97. The first-order valence-electron chi connectivity index (χ1n) is 7.74. The highest BCUT2D eigenvalue weighted by Gasteiger charge is 2.22. The normalized spacial score (nSPS) is 16.1. The molecule has 1 fully saturated rings. The van der Waals surface area contributed by atoms with Crippen LogP contribution in [0, 0.1) is 5.92 Å². The molecule has 0 aliphatic carbocycles. The number of anilines is 1. The fourth-order valence-electron chi connectivity index (χ4n) is 2.63. The molecule has 0 atom stereocenters. The van der Waals surface area contributed by atoms with E-state index in [-0.39, 0.29) is 5.91 Å². The summed E-state index contributed by atoms with van der Waals surface area (Å²) in [5.41, 5.74) is 6.36. The van der Waals surface area contributed by atoms with Crippen LogP contribution in [-0.4, -0.2) is 35.5 Å². The van der Waals surface area contributed by atoms with Crippen LogP contribution in [0.4, 0.5) is 5.95 Å². The third-order valence-electron chi connectivity index (χ3n) is 3.83. The fourth-order valence-corrected chi connectivity index (χ4v) is 2.63. The predicted molar refractivity (Wildman–Crippen MR) is 82.8 cm³/mol. The van der Waals surface area contributed by atoms with Gasteiger partial charge in [-0.1, -0.05) is 6.92 Å². The maximum Gasteiger partial charge on any atom is 0.225 e. The first-order valence-corrected chi connectivity index (χ1v) is 7.74. The zero-order valence-electron chi connectivity index (χ0n) is 12.7. The lowest BCUT2D eigenvalue weighted by molar-refractivity contribution is -0.119. The lowest BCUT2D eigenvalue weighted by Crippen LogP contribution is -2.36. The van der Waals surface area contributed by atoms with Crippen molar-refractivity contribution in [3.05, 3.63) is 18.0 Å². The average Bonchev–Trinajstić information content (AvgIpc) is 2.49. The van der Waals surface area contributed by atoms with E-state index >= 15 is 0 Å². The Bertz CT molecular complexity index is 440. The van der Waals surface area contributed by atoms with Gasteiger partial charge in [-0.05, 0) is 31.7 Å². The quantitative estimate of drug-likeness (QED) is 0.734. The van der Waals surface area contributed by atoms with Gasteiger partial charge in [0.15, 0.2) is 0 Å². The van der Waals surface area contributed by atoms with E-state index in [1.54, 1.807) is 0 Å². The van der Waals surface area contributed by atoms with Crippen molar-refractivity contribution in [1.82, 2.24) is 15.3 Å². The van der Waals surface area contributed by atoms with Gasteiger partial charge < -0.3 is 16.0 Å². The molecule has 2 heterocycles. The minimum atomic E-state index is -0.200. The molecule has 1 aromatic heterocycles. The molecule has 1 amide bonds. The predicted octanol–water partition coefficient (Wildman–Crippen LogP) is 1.07. The van der Waals surface area contributed by atoms with Crippen molar-refractivity contribution in [2.24, 2.45) is 11.7 Å². The second-order valence-corrected chi connectivity index (χ2v) is 5.67. The van der Waals surface area contributed by atoms with Crippen LogP contribution in [0.2, 0.25) is 0 Å². The molecule has 0 saturated carbocycles. The Labute approximate surface area is 126 Å². The first kappa shape index (κ1) is 15.7. The Morgan fingerprint density at radius 2 is 2.05 bits per heavy atom. The molecule has 6 heteroatoms. The Kier molecular flexibility index (Phi) is 5.92. The average molecular weight is 291 g/mol. The molecule has 1 saturated heterocycles. The summed E-state index contributed by atoms with van der Waals surface area (Å²) < 4.78 is 0. The van der Waals surface area contributed by atoms with Crippen molar-refractivity contribution < 1.29 is 4.79 Å². The minimum absolute atomic E-state index is 0.200. The number of piperidine rings is 1. The first-order chi connectivity index (χ1) is 10.2. The molecule has 1 aliphatic rings. The van der Waals surface area contributed by atoms with Gasteiger partial charge >= 0.3 is 0 Å². The molecule has 3 N–H and O–H groups in total. The Morgan fingerprint density at radius 1 is 1.38 bits per heavy atom. The van der Waals surface area contributed by atoms with Crippen LogP contribution < -0.4 is 16.0 Å². The largest absolute Gasteiger partial charge is 0.370 e. The maximum atomic E-state index is 10.9. The third-order valence-corrected chi connectivity index (χ3v) is 3.83. The van der Waals surface area contributed by atoms with Gasteiger partial charge in [-0.25, -0.2) is 9.97 Å². The molecular weight excluding hydrogens is 266 g/mol. The number of hydrogen-bond acceptors (Lipinski definition) is 5. The molecule has 0 spiro atoms. The van der Waals surface area contributed by atoms with Crippen LogP contribution >= 0.6 is 0 Å². The lowest BCUT2D eigenvalue weighted by atomic mass is 9.93. The molecule has 0 unspecified atom stereocenters. The fraction of sp³-hybridized carbons (Fsp3) is 0.667. The van der Waals surface area contributed by atoms with Crippen molar-refractivity contribution in [2.45, 2.75) is 39.2 Å². The number of carbonyl (C=O) groups is 1. The van der Waals surface area contributed by atoms with E-state index in [4.69, 9.17) is 5.73 Å². The monoisotopic (exact) mass is 291 g/mol. The van der Waals surface area contributed by atoms with Gasteiger partial charge in [0.1, 0.15) is 0 Å². The standard InChI is InChI=1S/C15H25N5O/c1-2-5-17-9-13-10-18-15(19-11-13)20-6-3-12(4-7-20)8-14(16)21/h10-12,17H,2-9H2,1H3,(H2,16,21). The molecule has 6 nitrogen and oxygen atoms in total. The van der Waals surface area contributed by atoms with E-state index in [0.717, 1.165) is 57.0 Å². The van der Waals surface area contributed by atoms with Crippen molar-refractivity contribution in [2.75, 3.05) is 24.5 Å². The summed E-state index contributed by atoms with van der Waals surface area (Å²) in [5.74, 6) is 0.997. The number of nitrogens with zero attached hydrogens (tertiary/aromatic N) is 3. The summed E-state index contributed by atoms with van der Waals surface area (Å²) in [6.45, 7) is 5.76. The van der Waals surface area contributed by atoms with Crippen molar-refractivity contribution in [3.8, 4) is 0 Å². The SMILES string of the molecule is CCCNCc1cnc(N2CCC(CC(N)=O)CC2)nc1. The van der Waals surface area contributed by atoms with Crippen LogP contribution in [0.1, 0.15) is 38.2 Å². The van der Waals surface area contributed by atoms with Gasteiger partial charge in [-0.2, -0.15) is 0 Å². The Morgan fingerprint density at radius 3 is 2.62 bits per heavy atom. The van der Waals surface area contributed by atoms with Crippen LogP contribution in [0.25, 0.3) is 0 Å². The lowest BCUT2D eigenvalue weighted by Gasteiger charge is -2.31. The highest BCUT2D eigenvalue weighted by Crippen LogP contribution is 2.22. The number of primary amides is 1. The number of amides is 1. The number of aromatic nitrogens is 2. The van der Waals surface area contributed by atoms with Gasteiger partial charge in [-0.15, -0.1) is 0 Å². The molecule has 1 aliphatic heterocycles. The van der Waals surface area contributed by atoms with E-state index in [0.29, 0.717) is 12.3 Å². The Hall–Kier alpha value is -1.69. The van der Waals surface area contributed by atoms with Crippen LogP contribution in [0.15, 0.2) is 12.4 Å². The van der Waals surface area contributed by atoms with E-state index < -0.39 is 0 Å². The highest BCUT2D eigenvalue weighted by atomic mass is 16.1. The molecule has 21 heavy (non-hydrogen) atoms. The number of rotatable bonds is 7. The van der Waals surface area contributed by atoms with E-state index in [1.165, 1.54) is 0 Å². The summed E-state index contributed by atoms with van der Waals surface area (Å²) in [6.07, 6.45) is 7.36. The highest BCUT2D eigenvalue weighted by molar-refractivity contribution is 5.74. The minimum Gasteiger partial charge on any atom is -0.370 e.